The molecule has 0 radical (unpaired) electrons. The summed E-state index contributed by atoms with van der Waals surface area (Å²) in [5, 5.41) is 3.46. The van der Waals surface area contributed by atoms with E-state index >= 15 is 0 Å². The Hall–Kier alpha value is -1.75. The number of nitrogens with zero attached hydrogens (tertiary/aromatic N) is 1. The van der Waals surface area contributed by atoms with Crippen LogP contribution in [0.5, 0.6) is 5.75 Å². The van der Waals surface area contributed by atoms with Crippen LogP contribution in [0.3, 0.4) is 0 Å². The van der Waals surface area contributed by atoms with Crippen LogP contribution < -0.4 is 10.1 Å². The van der Waals surface area contributed by atoms with E-state index in [0.717, 1.165) is 13.0 Å². The van der Waals surface area contributed by atoms with Crippen LogP contribution in [0.15, 0.2) is 24.3 Å². The normalized spacial score (nSPS) is 17.4. The van der Waals surface area contributed by atoms with Crippen LogP contribution in [-0.4, -0.2) is 43.0 Å². The van der Waals surface area contributed by atoms with Crippen molar-refractivity contribution in [3.63, 3.8) is 0 Å². The second-order valence-corrected chi connectivity index (χ2v) is 5.92. The topological polar surface area (TPSA) is 58.6 Å². The van der Waals surface area contributed by atoms with Crippen molar-refractivity contribution in [1.29, 1.82) is 0 Å². The van der Waals surface area contributed by atoms with Gasteiger partial charge in [0.1, 0.15) is 5.75 Å². The van der Waals surface area contributed by atoms with Crippen molar-refractivity contribution in [3.8, 4) is 5.75 Å². The molecule has 1 aromatic carbocycles. The zero-order chi connectivity index (χ0) is 15.9. The van der Waals surface area contributed by atoms with E-state index in [1.807, 2.05) is 4.90 Å². The van der Waals surface area contributed by atoms with Gasteiger partial charge in [0.2, 0.25) is 11.8 Å². The number of halogens is 1. The van der Waals surface area contributed by atoms with Gasteiger partial charge in [0.05, 0.1) is 13.0 Å². The lowest BCUT2D eigenvalue weighted by molar-refractivity contribution is -0.130. The fourth-order valence-corrected chi connectivity index (χ4v) is 2.58. The van der Waals surface area contributed by atoms with Crippen LogP contribution in [0, 0.1) is 5.92 Å². The molecule has 6 heteroatoms. The minimum absolute atomic E-state index is 0.0267. The van der Waals surface area contributed by atoms with Crippen LogP contribution in [0.2, 0.25) is 5.02 Å². The summed E-state index contributed by atoms with van der Waals surface area (Å²) in [5.41, 5.74) is 0. The molecule has 1 saturated heterocycles. The molecule has 22 heavy (non-hydrogen) atoms. The zero-order valence-electron chi connectivity index (χ0n) is 12.7. The number of likely N-dealkylation sites (tertiary alicyclic amines) is 1. The van der Waals surface area contributed by atoms with Crippen LogP contribution in [0.4, 0.5) is 0 Å². The molecule has 1 N–H and O–H groups in total. The quantitative estimate of drug-likeness (QED) is 0.871. The Morgan fingerprint density at radius 1 is 1.36 bits per heavy atom. The Labute approximate surface area is 135 Å². The minimum Gasteiger partial charge on any atom is -0.493 e. The third kappa shape index (κ3) is 5.22. The molecule has 0 bridgehead atoms. The fraction of sp³-hybridized carbons (Fsp3) is 0.500. The van der Waals surface area contributed by atoms with Gasteiger partial charge in [0, 0.05) is 31.6 Å². The number of hydrogen-bond acceptors (Lipinski definition) is 3. The Balaban J connectivity index is 1.67. The number of carbonyl (C=O) groups is 2. The lowest BCUT2D eigenvalue weighted by Crippen LogP contribution is -2.32. The van der Waals surface area contributed by atoms with Crippen molar-refractivity contribution >= 4 is 23.4 Å². The lowest BCUT2D eigenvalue weighted by atomic mass is 10.1. The smallest absolute Gasteiger partial charge is 0.226 e. The lowest BCUT2D eigenvalue weighted by Gasteiger charge is -2.17. The van der Waals surface area contributed by atoms with E-state index in [4.69, 9.17) is 16.3 Å². The van der Waals surface area contributed by atoms with E-state index in [-0.39, 0.29) is 11.8 Å². The Kier molecular flexibility index (Phi) is 6.07. The van der Waals surface area contributed by atoms with E-state index in [9.17, 15) is 9.59 Å². The van der Waals surface area contributed by atoms with E-state index in [2.05, 4.69) is 5.32 Å². The Morgan fingerprint density at radius 3 is 2.77 bits per heavy atom. The fourth-order valence-electron chi connectivity index (χ4n) is 2.46. The molecular formula is C16H21ClN2O3. The van der Waals surface area contributed by atoms with Crippen molar-refractivity contribution < 1.29 is 14.3 Å². The molecule has 1 aliphatic heterocycles. The second-order valence-electron chi connectivity index (χ2n) is 5.48. The molecule has 2 rings (SSSR count). The van der Waals surface area contributed by atoms with E-state index in [1.165, 1.54) is 6.92 Å². The molecule has 1 aromatic rings. The van der Waals surface area contributed by atoms with E-state index < -0.39 is 0 Å². The second kappa shape index (κ2) is 8.03. The summed E-state index contributed by atoms with van der Waals surface area (Å²) in [6.45, 7) is 3.96. The van der Waals surface area contributed by atoms with Gasteiger partial charge in [-0.1, -0.05) is 11.6 Å². The predicted octanol–water partition coefficient (Wildman–Crippen LogP) is 2.09. The maximum absolute atomic E-state index is 12.1. The number of nitrogens with one attached hydrogen (secondary N) is 1. The minimum atomic E-state index is -0.0267. The molecular weight excluding hydrogens is 304 g/mol. The first-order valence-corrected chi connectivity index (χ1v) is 7.83. The van der Waals surface area contributed by atoms with Gasteiger partial charge >= 0.3 is 0 Å². The number of benzene rings is 1. The summed E-state index contributed by atoms with van der Waals surface area (Å²) < 4.78 is 5.53. The van der Waals surface area contributed by atoms with Gasteiger partial charge in [-0.25, -0.2) is 0 Å². The standard InChI is InChI=1S/C16H21ClN2O3/c1-12(20)18-10-13-6-8-19(11-13)16(21)7-9-22-15-4-2-14(17)3-5-15/h2-5,13H,6-11H2,1H3,(H,18,20). The van der Waals surface area contributed by atoms with Crippen molar-refractivity contribution in [1.82, 2.24) is 10.2 Å². The third-order valence-corrected chi connectivity index (χ3v) is 3.93. The summed E-state index contributed by atoms with van der Waals surface area (Å²) in [5.74, 6) is 1.13. The molecule has 0 spiro atoms. The molecule has 5 nitrogen and oxygen atoms in total. The van der Waals surface area contributed by atoms with Gasteiger partial charge in [-0.05, 0) is 36.6 Å². The highest BCUT2D eigenvalue weighted by molar-refractivity contribution is 6.30. The highest BCUT2D eigenvalue weighted by Gasteiger charge is 2.25. The SMILES string of the molecule is CC(=O)NCC1CCN(C(=O)CCOc2ccc(Cl)cc2)C1. The molecule has 1 aliphatic rings. The van der Waals surface area contributed by atoms with Gasteiger partial charge < -0.3 is 15.0 Å². The van der Waals surface area contributed by atoms with Crippen molar-refractivity contribution in [2.24, 2.45) is 5.92 Å². The van der Waals surface area contributed by atoms with Crippen molar-refractivity contribution in [2.75, 3.05) is 26.2 Å². The molecule has 120 valence electrons. The molecule has 0 saturated carbocycles. The van der Waals surface area contributed by atoms with E-state index in [0.29, 0.717) is 42.8 Å². The molecule has 1 heterocycles. The summed E-state index contributed by atoms with van der Waals surface area (Å²) in [7, 11) is 0. The number of rotatable bonds is 6. The first-order valence-electron chi connectivity index (χ1n) is 7.45. The molecule has 0 aromatic heterocycles. The van der Waals surface area contributed by atoms with Crippen molar-refractivity contribution in [2.45, 2.75) is 19.8 Å². The molecule has 1 fully saturated rings. The van der Waals surface area contributed by atoms with Gasteiger partial charge in [-0.2, -0.15) is 0 Å². The number of amides is 2. The van der Waals surface area contributed by atoms with Gasteiger partial charge in [0.25, 0.3) is 0 Å². The summed E-state index contributed by atoms with van der Waals surface area (Å²) in [6.07, 6.45) is 1.29. The molecule has 2 amide bonds. The first kappa shape index (κ1) is 16.6. The molecule has 0 aliphatic carbocycles. The predicted molar refractivity (Wildman–Crippen MR) is 84.9 cm³/mol. The van der Waals surface area contributed by atoms with Crippen LogP contribution >= 0.6 is 11.6 Å². The van der Waals surface area contributed by atoms with Crippen molar-refractivity contribution in [3.05, 3.63) is 29.3 Å². The highest BCUT2D eigenvalue weighted by atomic mass is 35.5. The maximum atomic E-state index is 12.1. The van der Waals surface area contributed by atoms with Gasteiger partial charge in [-0.15, -0.1) is 0 Å². The Morgan fingerprint density at radius 2 is 2.09 bits per heavy atom. The average Bonchev–Trinajstić information content (AvgIpc) is 2.96. The average molecular weight is 325 g/mol. The van der Waals surface area contributed by atoms with Crippen LogP contribution in [-0.2, 0) is 9.59 Å². The summed E-state index contributed by atoms with van der Waals surface area (Å²) >= 11 is 5.80. The number of carbonyl (C=O) groups excluding carboxylic acids is 2. The highest BCUT2D eigenvalue weighted by Crippen LogP contribution is 2.18. The largest absolute Gasteiger partial charge is 0.493 e. The monoisotopic (exact) mass is 324 g/mol. The number of ether oxygens (including phenoxy) is 1. The van der Waals surface area contributed by atoms with Crippen LogP contribution in [0.25, 0.3) is 0 Å². The Bertz CT molecular complexity index is 519. The number of hydrogen-bond donors (Lipinski definition) is 1. The first-order chi connectivity index (χ1) is 10.5. The van der Waals surface area contributed by atoms with E-state index in [1.54, 1.807) is 24.3 Å². The zero-order valence-corrected chi connectivity index (χ0v) is 13.4. The summed E-state index contributed by atoms with van der Waals surface area (Å²) in [6, 6.07) is 7.08. The van der Waals surface area contributed by atoms with Crippen LogP contribution in [0.1, 0.15) is 19.8 Å². The third-order valence-electron chi connectivity index (χ3n) is 3.68. The molecule has 1 atom stereocenters. The maximum Gasteiger partial charge on any atom is 0.226 e. The summed E-state index contributed by atoms with van der Waals surface area (Å²) in [4.78, 5) is 24.9. The van der Waals surface area contributed by atoms with Gasteiger partial charge in [-0.3, -0.25) is 9.59 Å². The van der Waals surface area contributed by atoms with Gasteiger partial charge in [0.15, 0.2) is 0 Å². The molecule has 1 unspecified atom stereocenters.